The molecule has 0 bridgehead atoms. The van der Waals surface area contributed by atoms with Gasteiger partial charge in [-0.05, 0) is 31.1 Å². The van der Waals surface area contributed by atoms with Gasteiger partial charge in [-0.15, -0.1) is 0 Å². The van der Waals surface area contributed by atoms with Crippen molar-refractivity contribution < 1.29 is 0 Å². The fourth-order valence-electron chi connectivity index (χ4n) is 2.48. The maximum atomic E-state index is 5.70. The first-order valence-corrected chi connectivity index (χ1v) is 5.17. The predicted octanol–water partition coefficient (Wildman–Crippen LogP) is 2.66. The predicted molar refractivity (Wildman–Crippen MR) is 52.3 cm³/mol. The third-order valence-corrected chi connectivity index (χ3v) is 3.69. The molecule has 2 heteroatoms. The van der Waals surface area contributed by atoms with E-state index >= 15 is 0 Å². The molecule has 2 saturated carbocycles. The summed E-state index contributed by atoms with van der Waals surface area (Å²) >= 11 is 5.70. The lowest BCUT2D eigenvalue weighted by Gasteiger charge is -2.56. The van der Waals surface area contributed by atoms with E-state index in [2.05, 4.69) is 11.9 Å². The maximum Gasteiger partial charge on any atom is 0.0310 e. The molecule has 1 N–H and O–H groups in total. The molecule has 2 fully saturated rings. The van der Waals surface area contributed by atoms with Crippen molar-refractivity contribution in [1.29, 1.82) is 0 Å². The van der Waals surface area contributed by atoms with Gasteiger partial charge in [-0.2, -0.15) is 0 Å². The Bertz CT molecular complexity index is 191. The number of rotatable bonds is 3. The van der Waals surface area contributed by atoms with Crippen LogP contribution in [-0.2, 0) is 0 Å². The van der Waals surface area contributed by atoms with Crippen LogP contribution in [0.5, 0.6) is 0 Å². The molecular weight excluding hydrogens is 170 g/mol. The van der Waals surface area contributed by atoms with E-state index in [1.54, 1.807) is 0 Å². The standard InChI is InChI=1S/C10H16ClN/c1-8(11)7-12-9-3-6-10(9)4-2-5-10/h9,12H,1-7H2. The van der Waals surface area contributed by atoms with E-state index in [0.717, 1.165) is 17.6 Å². The van der Waals surface area contributed by atoms with Crippen LogP contribution in [0, 0.1) is 5.41 Å². The van der Waals surface area contributed by atoms with Crippen molar-refractivity contribution in [3.63, 3.8) is 0 Å². The molecule has 1 nitrogen and oxygen atoms in total. The van der Waals surface area contributed by atoms with Gasteiger partial charge in [0.1, 0.15) is 0 Å². The summed E-state index contributed by atoms with van der Waals surface area (Å²) in [7, 11) is 0. The van der Waals surface area contributed by atoms with Crippen molar-refractivity contribution >= 4 is 11.6 Å². The average Bonchev–Trinajstić information content (AvgIpc) is 1.80. The number of nitrogens with one attached hydrogen (secondary N) is 1. The van der Waals surface area contributed by atoms with E-state index in [1.807, 2.05) is 0 Å². The number of hydrogen-bond donors (Lipinski definition) is 1. The smallest absolute Gasteiger partial charge is 0.0310 e. The Morgan fingerprint density at radius 2 is 2.25 bits per heavy atom. The molecular formula is C10H16ClN. The van der Waals surface area contributed by atoms with Crippen molar-refractivity contribution in [2.24, 2.45) is 5.41 Å². The maximum absolute atomic E-state index is 5.70. The van der Waals surface area contributed by atoms with Crippen LogP contribution in [0.1, 0.15) is 32.1 Å². The van der Waals surface area contributed by atoms with E-state index in [1.165, 1.54) is 32.1 Å². The van der Waals surface area contributed by atoms with Crippen molar-refractivity contribution in [2.75, 3.05) is 6.54 Å². The van der Waals surface area contributed by atoms with Crippen LogP contribution in [0.15, 0.2) is 11.6 Å². The third-order valence-electron chi connectivity index (χ3n) is 3.56. The van der Waals surface area contributed by atoms with Gasteiger partial charge < -0.3 is 5.32 Å². The summed E-state index contributed by atoms with van der Waals surface area (Å²) in [5, 5.41) is 4.21. The molecule has 2 rings (SSSR count). The van der Waals surface area contributed by atoms with Crippen LogP contribution < -0.4 is 5.32 Å². The average molecular weight is 186 g/mol. The highest BCUT2D eigenvalue weighted by atomic mass is 35.5. The fraction of sp³-hybridized carbons (Fsp3) is 0.800. The molecule has 1 atom stereocenters. The zero-order valence-corrected chi connectivity index (χ0v) is 8.16. The monoisotopic (exact) mass is 185 g/mol. The Kier molecular flexibility index (Phi) is 2.18. The molecule has 0 aromatic carbocycles. The van der Waals surface area contributed by atoms with Gasteiger partial charge >= 0.3 is 0 Å². The van der Waals surface area contributed by atoms with Gasteiger partial charge in [0.2, 0.25) is 0 Å². The van der Waals surface area contributed by atoms with Crippen LogP contribution in [0.2, 0.25) is 0 Å². The molecule has 2 aliphatic rings. The highest BCUT2D eigenvalue weighted by Gasteiger charge is 2.50. The molecule has 1 unspecified atom stereocenters. The Labute approximate surface area is 79.2 Å². The van der Waals surface area contributed by atoms with E-state index in [9.17, 15) is 0 Å². The molecule has 0 radical (unpaired) electrons. The molecule has 0 amide bonds. The summed E-state index contributed by atoms with van der Waals surface area (Å²) in [6, 6.07) is 0.738. The number of hydrogen-bond acceptors (Lipinski definition) is 1. The molecule has 1 spiro atoms. The normalized spacial score (nSPS) is 30.9. The van der Waals surface area contributed by atoms with E-state index in [-0.39, 0.29) is 0 Å². The summed E-state index contributed by atoms with van der Waals surface area (Å²) in [4.78, 5) is 0. The second kappa shape index (κ2) is 3.04. The van der Waals surface area contributed by atoms with Crippen molar-refractivity contribution in [3.8, 4) is 0 Å². The summed E-state index contributed by atoms with van der Waals surface area (Å²) in [5.74, 6) is 0. The lowest BCUT2D eigenvalue weighted by atomic mass is 9.53. The SMILES string of the molecule is C=C(Cl)CNC1CCC12CCC2. The van der Waals surface area contributed by atoms with Crippen LogP contribution >= 0.6 is 11.6 Å². The lowest BCUT2D eigenvalue weighted by molar-refractivity contribution is -0.0156. The first-order chi connectivity index (χ1) is 5.73. The third kappa shape index (κ3) is 1.29. The Morgan fingerprint density at radius 1 is 1.50 bits per heavy atom. The van der Waals surface area contributed by atoms with Gasteiger partial charge in [-0.1, -0.05) is 24.6 Å². The highest BCUT2D eigenvalue weighted by molar-refractivity contribution is 6.29. The van der Waals surface area contributed by atoms with Gasteiger partial charge in [-0.3, -0.25) is 0 Å². The molecule has 0 heterocycles. The van der Waals surface area contributed by atoms with E-state index < -0.39 is 0 Å². The summed E-state index contributed by atoms with van der Waals surface area (Å²) in [5.41, 5.74) is 0.687. The molecule has 12 heavy (non-hydrogen) atoms. The first kappa shape index (κ1) is 8.58. The topological polar surface area (TPSA) is 12.0 Å². The quantitative estimate of drug-likeness (QED) is 0.713. The van der Waals surface area contributed by atoms with Crippen LogP contribution in [0.25, 0.3) is 0 Å². The zero-order valence-electron chi connectivity index (χ0n) is 7.41. The molecule has 0 saturated heterocycles. The van der Waals surface area contributed by atoms with Crippen LogP contribution in [0.3, 0.4) is 0 Å². The summed E-state index contributed by atoms with van der Waals surface area (Å²) in [6.07, 6.45) is 7.06. The van der Waals surface area contributed by atoms with E-state index in [0.29, 0.717) is 5.41 Å². The molecule has 0 aromatic rings. The van der Waals surface area contributed by atoms with Crippen LogP contribution in [-0.4, -0.2) is 12.6 Å². The minimum Gasteiger partial charge on any atom is -0.308 e. The summed E-state index contributed by atoms with van der Waals surface area (Å²) < 4.78 is 0. The van der Waals surface area contributed by atoms with Crippen molar-refractivity contribution in [3.05, 3.63) is 11.6 Å². The molecule has 2 aliphatic carbocycles. The van der Waals surface area contributed by atoms with Gasteiger partial charge in [0, 0.05) is 17.6 Å². The van der Waals surface area contributed by atoms with Crippen molar-refractivity contribution in [1.82, 2.24) is 5.32 Å². The zero-order chi connectivity index (χ0) is 8.60. The lowest BCUT2D eigenvalue weighted by Crippen LogP contribution is -2.57. The minimum atomic E-state index is 0.687. The highest BCUT2D eigenvalue weighted by Crippen LogP contribution is 2.55. The van der Waals surface area contributed by atoms with Gasteiger partial charge in [0.15, 0.2) is 0 Å². The van der Waals surface area contributed by atoms with Crippen LogP contribution in [0.4, 0.5) is 0 Å². The first-order valence-electron chi connectivity index (χ1n) is 4.80. The summed E-state index contributed by atoms with van der Waals surface area (Å²) in [6.45, 7) is 4.47. The van der Waals surface area contributed by atoms with Gasteiger partial charge in [0.05, 0.1) is 0 Å². The minimum absolute atomic E-state index is 0.687. The second-order valence-electron chi connectivity index (χ2n) is 4.21. The fourth-order valence-corrected chi connectivity index (χ4v) is 2.56. The Morgan fingerprint density at radius 3 is 2.58 bits per heavy atom. The van der Waals surface area contributed by atoms with Gasteiger partial charge in [-0.25, -0.2) is 0 Å². The largest absolute Gasteiger partial charge is 0.308 e. The Hall–Kier alpha value is -0.0100. The Balaban J connectivity index is 1.78. The molecule has 0 aromatic heterocycles. The number of halogens is 1. The molecule has 0 aliphatic heterocycles. The van der Waals surface area contributed by atoms with Crippen molar-refractivity contribution in [2.45, 2.75) is 38.1 Å². The second-order valence-corrected chi connectivity index (χ2v) is 4.74. The van der Waals surface area contributed by atoms with Gasteiger partial charge in [0.25, 0.3) is 0 Å². The van der Waals surface area contributed by atoms with E-state index in [4.69, 9.17) is 11.6 Å². The molecule has 68 valence electrons.